The summed E-state index contributed by atoms with van der Waals surface area (Å²) in [6.07, 6.45) is 2.80. The molecule has 0 aromatic heterocycles. The van der Waals surface area contributed by atoms with E-state index in [9.17, 15) is 4.79 Å². The van der Waals surface area contributed by atoms with E-state index >= 15 is 0 Å². The van der Waals surface area contributed by atoms with Crippen molar-refractivity contribution in [2.24, 2.45) is 0 Å². The lowest BCUT2D eigenvalue weighted by molar-refractivity contribution is -0.148. The van der Waals surface area contributed by atoms with E-state index in [1.54, 1.807) is 0 Å². The van der Waals surface area contributed by atoms with Crippen LogP contribution in [-0.4, -0.2) is 73.7 Å². The Morgan fingerprint density at radius 3 is 2.40 bits per heavy atom. The van der Waals surface area contributed by atoms with Gasteiger partial charge in [-0.2, -0.15) is 0 Å². The molecule has 5 nitrogen and oxygen atoms in total. The van der Waals surface area contributed by atoms with Gasteiger partial charge in [0.2, 0.25) is 0 Å². The van der Waals surface area contributed by atoms with Crippen LogP contribution in [0.15, 0.2) is 0 Å². The van der Waals surface area contributed by atoms with Gasteiger partial charge in [-0.15, -0.1) is 0 Å². The number of carbonyl (C=O) groups excluding carboxylic acids is 1. The Labute approximate surface area is 122 Å². The number of rotatable bonds is 3. The number of hydrogen-bond acceptors (Lipinski definition) is 5. The molecule has 20 heavy (non-hydrogen) atoms. The zero-order chi connectivity index (χ0) is 14.9. The maximum absolute atomic E-state index is 12.1. The van der Waals surface area contributed by atoms with Crippen LogP contribution in [0, 0.1) is 0 Å². The molecule has 0 aromatic rings. The fraction of sp³-hybridized carbons (Fsp3) is 0.933. The molecular weight excluding hydrogens is 254 g/mol. The van der Waals surface area contributed by atoms with Gasteiger partial charge in [-0.05, 0) is 47.2 Å². The number of nitrogens with one attached hydrogen (secondary N) is 1. The number of esters is 1. The molecule has 2 aliphatic rings. The first-order chi connectivity index (χ1) is 9.43. The maximum atomic E-state index is 12.1. The van der Waals surface area contributed by atoms with Crippen LogP contribution in [0.2, 0.25) is 0 Å². The molecule has 4 atom stereocenters. The first kappa shape index (κ1) is 15.7. The standard InChI is InChI=1S/C15H29N3O2/c1-11-9-18(10-12(2)17(11)4)13-6-7-15(8-13,16-3)14(19)20-5/h11-13,16H,6-10H2,1-5H3. The molecule has 4 unspecified atom stereocenters. The van der Waals surface area contributed by atoms with Crippen LogP contribution in [0.1, 0.15) is 33.1 Å². The third-order valence-corrected chi connectivity index (χ3v) is 5.45. The normalized spacial score (nSPS) is 40.0. The van der Waals surface area contributed by atoms with Crippen molar-refractivity contribution >= 4 is 5.97 Å². The molecule has 0 aromatic carbocycles. The van der Waals surface area contributed by atoms with Gasteiger partial charge in [-0.25, -0.2) is 0 Å². The highest BCUT2D eigenvalue weighted by atomic mass is 16.5. The Balaban J connectivity index is 2.04. The highest BCUT2D eigenvalue weighted by Gasteiger charge is 2.47. The summed E-state index contributed by atoms with van der Waals surface area (Å²) in [6, 6.07) is 1.63. The van der Waals surface area contributed by atoms with Crippen LogP contribution in [0.5, 0.6) is 0 Å². The smallest absolute Gasteiger partial charge is 0.326 e. The number of nitrogens with zero attached hydrogens (tertiary/aromatic N) is 2. The second-order valence-corrected chi connectivity index (χ2v) is 6.54. The van der Waals surface area contributed by atoms with E-state index in [2.05, 4.69) is 36.0 Å². The molecule has 2 fully saturated rings. The number of ether oxygens (including phenoxy) is 1. The van der Waals surface area contributed by atoms with Crippen molar-refractivity contribution < 1.29 is 9.53 Å². The Morgan fingerprint density at radius 2 is 1.90 bits per heavy atom. The molecular formula is C15H29N3O2. The van der Waals surface area contributed by atoms with Crippen LogP contribution < -0.4 is 5.32 Å². The minimum absolute atomic E-state index is 0.113. The Hall–Kier alpha value is -0.650. The van der Waals surface area contributed by atoms with Crippen molar-refractivity contribution in [1.29, 1.82) is 0 Å². The summed E-state index contributed by atoms with van der Waals surface area (Å²) >= 11 is 0. The number of carbonyl (C=O) groups is 1. The van der Waals surface area contributed by atoms with E-state index in [0.717, 1.165) is 32.4 Å². The SMILES string of the molecule is CNC1(C(=O)OC)CCC(N2CC(C)N(C)C(C)C2)C1. The molecule has 5 heteroatoms. The van der Waals surface area contributed by atoms with E-state index in [-0.39, 0.29) is 5.97 Å². The first-order valence-corrected chi connectivity index (χ1v) is 7.67. The van der Waals surface area contributed by atoms with Gasteiger partial charge < -0.3 is 10.1 Å². The molecule has 0 bridgehead atoms. The van der Waals surface area contributed by atoms with Crippen molar-refractivity contribution in [3.8, 4) is 0 Å². The lowest BCUT2D eigenvalue weighted by Crippen LogP contribution is -2.58. The number of hydrogen-bond donors (Lipinski definition) is 1. The monoisotopic (exact) mass is 283 g/mol. The molecule has 1 N–H and O–H groups in total. The van der Waals surface area contributed by atoms with Crippen LogP contribution in [0.3, 0.4) is 0 Å². The average Bonchev–Trinajstić information content (AvgIpc) is 2.89. The highest BCUT2D eigenvalue weighted by molar-refractivity contribution is 5.81. The van der Waals surface area contributed by atoms with Crippen molar-refractivity contribution in [2.75, 3.05) is 34.3 Å². The lowest BCUT2D eigenvalue weighted by Gasteiger charge is -2.45. The van der Waals surface area contributed by atoms with Gasteiger partial charge >= 0.3 is 5.97 Å². The molecule has 116 valence electrons. The molecule has 0 amide bonds. The van der Waals surface area contributed by atoms with Gasteiger partial charge in [-0.1, -0.05) is 0 Å². The summed E-state index contributed by atoms with van der Waals surface area (Å²) in [5, 5.41) is 3.22. The average molecular weight is 283 g/mol. The topological polar surface area (TPSA) is 44.8 Å². The largest absolute Gasteiger partial charge is 0.468 e. The van der Waals surface area contributed by atoms with Crippen LogP contribution in [0.25, 0.3) is 0 Å². The summed E-state index contributed by atoms with van der Waals surface area (Å²) in [7, 11) is 5.55. The molecule has 1 saturated heterocycles. The second-order valence-electron chi connectivity index (χ2n) is 6.54. The quantitative estimate of drug-likeness (QED) is 0.772. The van der Waals surface area contributed by atoms with Gasteiger partial charge in [-0.3, -0.25) is 14.6 Å². The van der Waals surface area contributed by atoms with Crippen molar-refractivity contribution in [3.63, 3.8) is 0 Å². The zero-order valence-electron chi connectivity index (χ0n) is 13.5. The van der Waals surface area contributed by atoms with Gasteiger partial charge in [0.25, 0.3) is 0 Å². The summed E-state index contributed by atoms with van der Waals surface area (Å²) in [4.78, 5) is 17.1. The van der Waals surface area contributed by atoms with Crippen LogP contribution in [-0.2, 0) is 9.53 Å². The number of likely N-dealkylation sites (N-methyl/N-ethyl adjacent to an activating group) is 2. The van der Waals surface area contributed by atoms with Gasteiger partial charge in [0.1, 0.15) is 5.54 Å². The number of methoxy groups -OCH3 is 1. The predicted molar refractivity (Wildman–Crippen MR) is 79.7 cm³/mol. The summed E-state index contributed by atoms with van der Waals surface area (Å²) in [5.41, 5.74) is -0.477. The Kier molecular flexibility index (Phi) is 4.72. The predicted octanol–water partition coefficient (Wildman–Crippen LogP) is 0.695. The Bertz CT molecular complexity index is 351. The number of piperazine rings is 1. The Morgan fingerprint density at radius 1 is 1.30 bits per heavy atom. The summed E-state index contributed by atoms with van der Waals surface area (Å²) in [6.45, 7) is 6.74. The van der Waals surface area contributed by atoms with Gasteiger partial charge in [0.05, 0.1) is 7.11 Å². The van der Waals surface area contributed by atoms with E-state index in [4.69, 9.17) is 4.74 Å². The lowest BCUT2D eigenvalue weighted by atomic mass is 9.97. The van der Waals surface area contributed by atoms with E-state index in [1.807, 2.05) is 7.05 Å². The third kappa shape index (κ3) is 2.71. The van der Waals surface area contributed by atoms with Crippen molar-refractivity contribution in [2.45, 2.75) is 56.8 Å². The van der Waals surface area contributed by atoms with E-state index < -0.39 is 5.54 Å². The molecule has 1 aliphatic heterocycles. The summed E-state index contributed by atoms with van der Waals surface area (Å²) < 4.78 is 5.00. The molecule has 0 radical (unpaired) electrons. The van der Waals surface area contributed by atoms with Crippen molar-refractivity contribution in [3.05, 3.63) is 0 Å². The fourth-order valence-electron chi connectivity index (χ4n) is 3.78. The van der Waals surface area contributed by atoms with Crippen LogP contribution >= 0.6 is 0 Å². The first-order valence-electron chi connectivity index (χ1n) is 7.67. The molecule has 0 spiro atoms. The molecule has 1 heterocycles. The highest BCUT2D eigenvalue weighted by Crippen LogP contribution is 2.35. The van der Waals surface area contributed by atoms with E-state index in [0.29, 0.717) is 18.1 Å². The second kappa shape index (κ2) is 6.00. The van der Waals surface area contributed by atoms with Gasteiger partial charge in [0, 0.05) is 31.2 Å². The van der Waals surface area contributed by atoms with E-state index in [1.165, 1.54) is 7.11 Å². The zero-order valence-corrected chi connectivity index (χ0v) is 13.5. The molecule has 2 rings (SSSR count). The minimum Gasteiger partial charge on any atom is -0.468 e. The third-order valence-electron chi connectivity index (χ3n) is 5.45. The molecule has 1 aliphatic carbocycles. The fourth-order valence-corrected chi connectivity index (χ4v) is 3.78. The summed E-state index contributed by atoms with van der Waals surface area (Å²) in [5.74, 6) is -0.113. The van der Waals surface area contributed by atoms with Crippen molar-refractivity contribution in [1.82, 2.24) is 15.1 Å². The maximum Gasteiger partial charge on any atom is 0.326 e. The minimum atomic E-state index is -0.477. The molecule has 1 saturated carbocycles. The van der Waals surface area contributed by atoms with Gasteiger partial charge in [0.15, 0.2) is 0 Å². The van der Waals surface area contributed by atoms with Crippen LogP contribution in [0.4, 0.5) is 0 Å².